The third kappa shape index (κ3) is 2.06. The van der Waals surface area contributed by atoms with Crippen LogP contribution in [0.5, 0.6) is 0 Å². The van der Waals surface area contributed by atoms with Crippen molar-refractivity contribution in [1.29, 1.82) is 0 Å². The molecule has 0 bridgehead atoms. The summed E-state index contributed by atoms with van der Waals surface area (Å²) in [6.45, 7) is 5.70. The molecule has 2 aliphatic heterocycles. The maximum Gasteiger partial charge on any atom is 0.330 e. The molecule has 0 radical (unpaired) electrons. The number of esters is 1. The van der Waals surface area contributed by atoms with Crippen molar-refractivity contribution in [3.05, 3.63) is 12.2 Å². The van der Waals surface area contributed by atoms with E-state index in [4.69, 9.17) is 14.2 Å². The second-order valence-electron chi connectivity index (χ2n) is 4.31. The number of rotatable bonds is 1. The van der Waals surface area contributed by atoms with Gasteiger partial charge in [-0.1, -0.05) is 6.92 Å². The first-order valence-electron chi connectivity index (χ1n) is 5.26. The summed E-state index contributed by atoms with van der Waals surface area (Å²) in [6.07, 6.45) is 3.27. The number of carbonyl (C=O) groups excluding carboxylic acids is 1. The standard InChI is InChI=1S/C11H16O4/c1-4-7-10-8(5-6-9(12)13-7)14-11(2,3)15-10/h5-8,10H,4H2,1-3H3/t7-,8-,10+/m1/s1. The minimum Gasteiger partial charge on any atom is -0.456 e. The van der Waals surface area contributed by atoms with E-state index in [1.807, 2.05) is 20.8 Å². The molecule has 3 atom stereocenters. The number of ether oxygens (including phenoxy) is 3. The van der Waals surface area contributed by atoms with Crippen LogP contribution in [0.1, 0.15) is 27.2 Å². The number of hydrogen-bond donors (Lipinski definition) is 0. The molecule has 0 saturated carbocycles. The molecule has 4 nitrogen and oxygen atoms in total. The van der Waals surface area contributed by atoms with Gasteiger partial charge < -0.3 is 14.2 Å². The average Bonchev–Trinajstić information content (AvgIpc) is 2.39. The summed E-state index contributed by atoms with van der Waals surface area (Å²) < 4.78 is 16.6. The minimum absolute atomic E-state index is 0.184. The quantitative estimate of drug-likeness (QED) is 0.616. The topological polar surface area (TPSA) is 44.8 Å². The van der Waals surface area contributed by atoms with E-state index in [0.717, 1.165) is 6.42 Å². The molecule has 0 aromatic heterocycles. The number of hydrogen-bond acceptors (Lipinski definition) is 4. The maximum absolute atomic E-state index is 11.2. The lowest BCUT2D eigenvalue weighted by molar-refractivity contribution is -0.168. The molecule has 0 spiro atoms. The largest absolute Gasteiger partial charge is 0.456 e. The molecule has 2 aliphatic rings. The monoisotopic (exact) mass is 212 g/mol. The second-order valence-corrected chi connectivity index (χ2v) is 4.31. The molecule has 2 rings (SSSR count). The normalized spacial score (nSPS) is 38.3. The van der Waals surface area contributed by atoms with Crippen molar-refractivity contribution < 1.29 is 19.0 Å². The van der Waals surface area contributed by atoms with E-state index in [0.29, 0.717) is 0 Å². The Kier molecular flexibility index (Phi) is 2.56. The highest BCUT2D eigenvalue weighted by Gasteiger charge is 2.45. The molecule has 0 unspecified atom stereocenters. The molecule has 0 N–H and O–H groups in total. The van der Waals surface area contributed by atoms with E-state index in [9.17, 15) is 4.79 Å². The molecular weight excluding hydrogens is 196 g/mol. The molecule has 1 saturated heterocycles. The fourth-order valence-corrected chi connectivity index (χ4v) is 2.00. The molecule has 0 aromatic rings. The maximum atomic E-state index is 11.2. The van der Waals surface area contributed by atoms with Crippen LogP contribution in [0.2, 0.25) is 0 Å². The van der Waals surface area contributed by atoms with Gasteiger partial charge in [-0.2, -0.15) is 0 Å². The highest BCUT2D eigenvalue weighted by atomic mass is 16.8. The van der Waals surface area contributed by atoms with E-state index in [1.54, 1.807) is 6.08 Å². The Morgan fingerprint density at radius 1 is 1.40 bits per heavy atom. The van der Waals surface area contributed by atoms with Crippen molar-refractivity contribution in [2.24, 2.45) is 0 Å². The Balaban J connectivity index is 2.22. The van der Waals surface area contributed by atoms with Gasteiger partial charge in [0.1, 0.15) is 18.3 Å². The zero-order valence-corrected chi connectivity index (χ0v) is 9.23. The Labute approximate surface area is 89.2 Å². The van der Waals surface area contributed by atoms with Crippen LogP contribution in [-0.4, -0.2) is 30.1 Å². The summed E-state index contributed by atoms with van der Waals surface area (Å²) >= 11 is 0. The van der Waals surface area contributed by atoms with Gasteiger partial charge in [0.25, 0.3) is 0 Å². The number of fused-ring (bicyclic) bond motifs is 1. The molecule has 1 fully saturated rings. The smallest absolute Gasteiger partial charge is 0.330 e. The molecular formula is C11H16O4. The van der Waals surface area contributed by atoms with Crippen molar-refractivity contribution in [3.8, 4) is 0 Å². The molecule has 0 aliphatic carbocycles. The van der Waals surface area contributed by atoms with Gasteiger partial charge in [0.15, 0.2) is 5.79 Å². The lowest BCUT2D eigenvalue weighted by Crippen LogP contribution is -2.35. The third-order valence-electron chi connectivity index (χ3n) is 2.62. The fourth-order valence-electron chi connectivity index (χ4n) is 2.00. The van der Waals surface area contributed by atoms with Crippen LogP contribution >= 0.6 is 0 Å². The van der Waals surface area contributed by atoms with Crippen LogP contribution in [0.25, 0.3) is 0 Å². The van der Waals surface area contributed by atoms with Crippen LogP contribution in [0.15, 0.2) is 12.2 Å². The van der Waals surface area contributed by atoms with Crippen molar-refractivity contribution >= 4 is 5.97 Å². The van der Waals surface area contributed by atoms with Gasteiger partial charge in [-0.15, -0.1) is 0 Å². The first-order valence-corrected chi connectivity index (χ1v) is 5.26. The van der Waals surface area contributed by atoms with E-state index >= 15 is 0 Å². The molecule has 84 valence electrons. The van der Waals surface area contributed by atoms with E-state index in [-0.39, 0.29) is 24.3 Å². The summed E-state index contributed by atoms with van der Waals surface area (Å²) in [6, 6.07) is 0. The summed E-state index contributed by atoms with van der Waals surface area (Å²) in [4.78, 5) is 11.2. The van der Waals surface area contributed by atoms with Crippen molar-refractivity contribution in [2.45, 2.75) is 51.3 Å². The highest BCUT2D eigenvalue weighted by molar-refractivity contribution is 5.82. The zero-order chi connectivity index (χ0) is 11.1. The van der Waals surface area contributed by atoms with Gasteiger partial charge in [-0.25, -0.2) is 4.79 Å². The molecule has 4 heteroatoms. The van der Waals surface area contributed by atoms with Crippen molar-refractivity contribution in [1.82, 2.24) is 0 Å². The lowest BCUT2D eigenvalue weighted by atomic mass is 10.1. The Hall–Kier alpha value is -0.870. The van der Waals surface area contributed by atoms with E-state index < -0.39 is 5.79 Å². The highest BCUT2D eigenvalue weighted by Crippen LogP contribution is 2.33. The number of cyclic esters (lactones) is 1. The summed E-state index contributed by atoms with van der Waals surface area (Å²) in [5, 5.41) is 0. The van der Waals surface area contributed by atoms with Crippen LogP contribution in [-0.2, 0) is 19.0 Å². The predicted molar refractivity (Wildman–Crippen MR) is 53.1 cm³/mol. The second kappa shape index (κ2) is 3.61. The Morgan fingerprint density at radius 2 is 2.13 bits per heavy atom. The van der Waals surface area contributed by atoms with Gasteiger partial charge in [0.05, 0.1) is 0 Å². The van der Waals surface area contributed by atoms with Gasteiger partial charge in [-0.3, -0.25) is 0 Å². The molecule has 0 amide bonds. The molecule has 15 heavy (non-hydrogen) atoms. The average molecular weight is 212 g/mol. The van der Waals surface area contributed by atoms with Crippen LogP contribution < -0.4 is 0 Å². The lowest BCUT2D eigenvalue weighted by Gasteiger charge is -2.22. The molecule has 0 aromatic carbocycles. The van der Waals surface area contributed by atoms with Crippen LogP contribution in [0.4, 0.5) is 0 Å². The Morgan fingerprint density at radius 3 is 2.80 bits per heavy atom. The minimum atomic E-state index is -0.600. The number of carbonyl (C=O) groups is 1. The summed E-state index contributed by atoms with van der Waals surface area (Å²) in [5.74, 6) is -0.919. The third-order valence-corrected chi connectivity index (χ3v) is 2.62. The van der Waals surface area contributed by atoms with Crippen molar-refractivity contribution in [3.63, 3.8) is 0 Å². The van der Waals surface area contributed by atoms with Gasteiger partial charge in [-0.05, 0) is 26.3 Å². The van der Waals surface area contributed by atoms with Crippen LogP contribution in [0, 0.1) is 0 Å². The Bertz CT molecular complexity index is 295. The SMILES string of the molecule is CC[C@H]1OC(=O)C=C[C@H]2OC(C)(C)O[C@H]21. The first-order chi connectivity index (χ1) is 7.02. The van der Waals surface area contributed by atoms with Crippen molar-refractivity contribution in [2.75, 3.05) is 0 Å². The summed E-state index contributed by atoms with van der Waals surface area (Å²) in [5.41, 5.74) is 0. The summed E-state index contributed by atoms with van der Waals surface area (Å²) in [7, 11) is 0. The van der Waals surface area contributed by atoms with E-state index in [2.05, 4.69) is 0 Å². The van der Waals surface area contributed by atoms with Gasteiger partial charge >= 0.3 is 5.97 Å². The first kappa shape index (κ1) is 10.6. The fraction of sp³-hybridized carbons (Fsp3) is 0.727. The predicted octanol–water partition coefficient (Wildman–Crippen LogP) is 1.40. The van der Waals surface area contributed by atoms with E-state index in [1.165, 1.54) is 6.08 Å². The molecule has 2 heterocycles. The zero-order valence-electron chi connectivity index (χ0n) is 9.23. The van der Waals surface area contributed by atoms with Crippen LogP contribution in [0.3, 0.4) is 0 Å². The van der Waals surface area contributed by atoms with Gasteiger partial charge in [0.2, 0.25) is 0 Å². The van der Waals surface area contributed by atoms with Gasteiger partial charge in [0, 0.05) is 6.08 Å².